The van der Waals surface area contributed by atoms with Crippen LogP contribution < -0.4 is 0 Å². The zero-order chi connectivity index (χ0) is 10.9. The molecule has 0 aromatic heterocycles. The highest BCUT2D eigenvalue weighted by atomic mass is 14.3. The van der Waals surface area contributed by atoms with E-state index in [2.05, 4.69) is 38.2 Å². The maximum atomic E-state index is 7.78. The molecule has 2 bridgehead atoms. The summed E-state index contributed by atoms with van der Waals surface area (Å²) in [5.74, 6) is 0. The van der Waals surface area contributed by atoms with Gasteiger partial charge >= 0.3 is 0 Å². The first-order valence-corrected chi connectivity index (χ1v) is 5.05. The van der Waals surface area contributed by atoms with Gasteiger partial charge in [-0.05, 0) is 17.6 Å². The van der Waals surface area contributed by atoms with Crippen LogP contribution in [0.5, 0.6) is 0 Å². The fraction of sp³-hybridized carbons (Fsp3) is 0.286. The van der Waals surface area contributed by atoms with Crippen molar-refractivity contribution in [1.82, 2.24) is 0 Å². The first kappa shape index (κ1) is 8.05. The Balaban J connectivity index is 2.61. The summed E-state index contributed by atoms with van der Waals surface area (Å²) < 4.78 is 7.78. The quantitative estimate of drug-likeness (QED) is 0.536. The molecule has 0 saturated carbocycles. The first-order chi connectivity index (χ1) is 7.10. The van der Waals surface area contributed by atoms with Gasteiger partial charge in [0.25, 0.3) is 0 Å². The molecule has 0 radical (unpaired) electrons. The molecule has 0 heterocycles. The van der Waals surface area contributed by atoms with E-state index in [4.69, 9.17) is 1.37 Å². The van der Waals surface area contributed by atoms with Crippen molar-refractivity contribution in [1.29, 1.82) is 0 Å². The van der Waals surface area contributed by atoms with Crippen molar-refractivity contribution in [2.45, 2.75) is 20.3 Å². The van der Waals surface area contributed by atoms with Crippen LogP contribution in [0.25, 0.3) is 0 Å². The molecule has 0 unspecified atom stereocenters. The zero-order valence-electron chi connectivity index (χ0n) is 9.75. The second-order valence-corrected chi connectivity index (χ2v) is 4.21. The summed E-state index contributed by atoms with van der Waals surface area (Å²) in [7, 11) is 0. The number of rotatable bonds is 0. The molecule has 0 heteroatoms. The summed E-state index contributed by atoms with van der Waals surface area (Å²) in [6, 6.07) is 0.611. The molecule has 0 aliphatic heterocycles. The molecule has 2 rings (SSSR count). The molecular formula is C14H16. The highest BCUT2D eigenvalue weighted by Gasteiger charge is 2.25. The maximum absolute atomic E-state index is 7.78. The number of hydrogen-bond donors (Lipinski definition) is 0. The van der Waals surface area contributed by atoms with Gasteiger partial charge in [-0.3, -0.25) is 0 Å². The van der Waals surface area contributed by atoms with Crippen molar-refractivity contribution in [3.63, 3.8) is 0 Å². The van der Waals surface area contributed by atoms with Gasteiger partial charge in [-0.25, -0.2) is 0 Å². The average Bonchev–Trinajstić information content (AvgIpc) is 2.32. The van der Waals surface area contributed by atoms with E-state index in [9.17, 15) is 0 Å². The molecule has 2 aliphatic carbocycles. The molecule has 72 valence electrons. The lowest BCUT2D eigenvalue weighted by molar-refractivity contribution is 0.565. The summed E-state index contributed by atoms with van der Waals surface area (Å²) in [5.41, 5.74) is 2.56. The van der Waals surface area contributed by atoms with Crippen LogP contribution in [0.4, 0.5) is 0 Å². The second kappa shape index (κ2) is 3.45. The van der Waals surface area contributed by atoms with Crippen molar-refractivity contribution < 1.29 is 1.37 Å². The van der Waals surface area contributed by atoms with Crippen molar-refractivity contribution in [2.24, 2.45) is 5.41 Å². The Morgan fingerprint density at radius 1 is 1.21 bits per heavy atom. The minimum absolute atomic E-state index is 0.0179. The van der Waals surface area contributed by atoms with Crippen LogP contribution in [-0.2, 0) is 0 Å². The third-order valence-corrected chi connectivity index (χ3v) is 2.92. The molecule has 0 N–H and O–H groups in total. The summed E-state index contributed by atoms with van der Waals surface area (Å²) >= 11 is 0. The summed E-state index contributed by atoms with van der Waals surface area (Å²) in [4.78, 5) is 0. The Bertz CT molecular complexity index is 415. The van der Waals surface area contributed by atoms with Gasteiger partial charge in [0.1, 0.15) is 0 Å². The smallest absolute Gasteiger partial charge is 0.0620 e. The van der Waals surface area contributed by atoms with Gasteiger partial charge in [-0.15, -0.1) is 0 Å². The maximum Gasteiger partial charge on any atom is 0.0620 e. The van der Waals surface area contributed by atoms with Crippen LogP contribution in [0.1, 0.15) is 21.6 Å². The van der Waals surface area contributed by atoms with Crippen molar-refractivity contribution in [2.75, 3.05) is 0 Å². The van der Waals surface area contributed by atoms with Gasteiger partial charge in [0.05, 0.1) is 1.37 Å². The van der Waals surface area contributed by atoms with Gasteiger partial charge in [-0.2, -0.15) is 0 Å². The average molecular weight is 185 g/mol. The number of allylic oxidation sites excluding steroid dienone is 10. The van der Waals surface area contributed by atoms with Crippen LogP contribution >= 0.6 is 0 Å². The molecular weight excluding hydrogens is 168 g/mol. The van der Waals surface area contributed by atoms with Crippen LogP contribution in [0.3, 0.4) is 0 Å². The lowest BCUT2D eigenvalue weighted by Gasteiger charge is -2.28. The Labute approximate surface area is 87.4 Å². The summed E-state index contributed by atoms with van der Waals surface area (Å²) in [6.45, 7) is 4.42. The van der Waals surface area contributed by atoms with Crippen molar-refractivity contribution >= 4 is 0 Å². The molecule has 0 nitrogen and oxygen atoms in total. The highest BCUT2D eigenvalue weighted by Crippen LogP contribution is 2.38. The summed E-state index contributed by atoms with van der Waals surface area (Å²) in [6.07, 6.45) is 15.4. The van der Waals surface area contributed by atoms with Gasteiger partial charge in [0.15, 0.2) is 0 Å². The minimum atomic E-state index is 0.0179. The van der Waals surface area contributed by atoms with Gasteiger partial charge < -0.3 is 0 Å². The Kier molecular flexibility index (Phi) is 1.98. The standard InChI is InChI=1S/C14H16/c1-14(2)12-8-4-3-5-9-13(14)11-7-6-10-12/h3-4,6-11H,5H2,1-2H3/b4-3-,12-8-,13-9-/i4D. The van der Waals surface area contributed by atoms with E-state index in [0.717, 1.165) is 6.42 Å². The molecule has 0 fully saturated rings. The van der Waals surface area contributed by atoms with Gasteiger partial charge in [0, 0.05) is 5.41 Å². The lowest BCUT2D eigenvalue weighted by atomic mass is 9.76. The van der Waals surface area contributed by atoms with Crippen molar-refractivity contribution in [3.05, 3.63) is 59.7 Å². The largest absolute Gasteiger partial charge is 0.0807 e. The monoisotopic (exact) mass is 185 g/mol. The third-order valence-electron chi connectivity index (χ3n) is 2.92. The van der Waals surface area contributed by atoms with Crippen LogP contribution in [0, 0.1) is 5.41 Å². The predicted molar refractivity (Wildman–Crippen MR) is 62.0 cm³/mol. The Morgan fingerprint density at radius 3 is 2.71 bits per heavy atom. The normalized spacial score (nSPS) is 36.1. The van der Waals surface area contributed by atoms with E-state index < -0.39 is 0 Å². The molecule has 0 saturated heterocycles. The SMILES string of the molecule is [2H]C1=C/C/C=C2/C=CC=C\C(=C\1)C2(C)C. The molecule has 0 aromatic carbocycles. The van der Waals surface area contributed by atoms with Crippen LogP contribution in [0.2, 0.25) is 0 Å². The lowest BCUT2D eigenvalue weighted by Crippen LogP contribution is -2.15. The molecule has 2 aliphatic rings. The minimum Gasteiger partial charge on any atom is -0.0807 e. The number of fused-ring (bicyclic) bond motifs is 2. The highest BCUT2D eigenvalue weighted by molar-refractivity contribution is 5.46. The zero-order valence-corrected chi connectivity index (χ0v) is 8.75. The molecule has 0 atom stereocenters. The fourth-order valence-electron chi connectivity index (χ4n) is 1.86. The van der Waals surface area contributed by atoms with E-state index in [0.29, 0.717) is 6.05 Å². The van der Waals surface area contributed by atoms with E-state index >= 15 is 0 Å². The van der Waals surface area contributed by atoms with Crippen LogP contribution in [-0.4, -0.2) is 0 Å². The fourth-order valence-corrected chi connectivity index (χ4v) is 1.86. The van der Waals surface area contributed by atoms with E-state index in [1.165, 1.54) is 11.1 Å². The van der Waals surface area contributed by atoms with E-state index in [1.807, 2.05) is 18.2 Å². The Hall–Kier alpha value is -1.30. The summed E-state index contributed by atoms with van der Waals surface area (Å²) in [5, 5.41) is 0. The Morgan fingerprint density at radius 2 is 1.93 bits per heavy atom. The molecule has 0 spiro atoms. The van der Waals surface area contributed by atoms with Gasteiger partial charge in [-0.1, -0.05) is 62.4 Å². The first-order valence-electron chi connectivity index (χ1n) is 5.55. The third kappa shape index (κ3) is 1.52. The molecule has 0 aromatic rings. The van der Waals surface area contributed by atoms with E-state index in [-0.39, 0.29) is 5.41 Å². The van der Waals surface area contributed by atoms with Crippen LogP contribution in [0.15, 0.2) is 59.7 Å². The van der Waals surface area contributed by atoms with Gasteiger partial charge in [0.2, 0.25) is 0 Å². The van der Waals surface area contributed by atoms with Crippen molar-refractivity contribution in [3.8, 4) is 0 Å². The molecule has 14 heavy (non-hydrogen) atoms. The predicted octanol–water partition coefficient (Wildman–Crippen LogP) is 3.95. The second-order valence-electron chi connectivity index (χ2n) is 4.21. The number of hydrogen-bond acceptors (Lipinski definition) is 0. The molecule has 0 amide bonds. The topological polar surface area (TPSA) is 0 Å². The van der Waals surface area contributed by atoms with E-state index in [1.54, 1.807) is 0 Å².